The molecule has 10 heteroatoms. The minimum Gasteiger partial charge on any atom is -0.466 e. The number of ether oxygens (including phenoxy) is 2. The third-order valence-corrected chi connectivity index (χ3v) is 5.84. The number of piperidine rings is 1. The maximum Gasteiger partial charge on any atom is 0.411 e. The van der Waals surface area contributed by atoms with Crippen LogP contribution in [0.25, 0.3) is 10.6 Å². The van der Waals surface area contributed by atoms with Gasteiger partial charge in [-0.25, -0.2) is 14.6 Å². The molecular weight excluding hydrogens is 422 g/mol. The highest BCUT2D eigenvalue weighted by Crippen LogP contribution is 2.31. The maximum atomic E-state index is 12.3. The lowest BCUT2D eigenvalue weighted by Crippen LogP contribution is -2.38. The second kappa shape index (κ2) is 10.8. The van der Waals surface area contributed by atoms with Gasteiger partial charge < -0.3 is 19.5 Å². The van der Waals surface area contributed by atoms with E-state index < -0.39 is 12.2 Å². The van der Waals surface area contributed by atoms with E-state index in [1.54, 1.807) is 24.4 Å². The summed E-state index contributed by atoms with van der Waals surface area (Å²) in [4.78, 5) is 40.8. The Morgan fingerprint density at radius 1 is 1.23 bits per heavy atom. The van der Waals surface area contributed by atoms with Crippen LogP contribution in [0.4, 0.5) is 15.3 Å². The number of hydrogen-bond donors (Lipinski definition) is 2. The molecule has 2 N–H and O–H groups in total. The lowest BCUT2D eigenvalue weighted by Gasteiger charge is -2.29. The Hall–Kier alpha value is -3.14. The number of esters is 1. The van der Waals surface area contributed by atoms with Crippen LogP contribution in [0.5, 0.6) is 0 Å². The predicted octanol–water partition coefficient (Wildman–Crippen LogP) is 3.85. The molecule has 2 heterocycles. The van der Waals surface area contributed by atoms with E-state index in [0.717, 1.165) is 5.56 Å². The van der Waals surface area contributed by atoms with Crippen LogP contribution in [0, 0.1) is 5.92 Å². The fraction of sp³-hybridized carbons (Fsp3) is 0.429. The lowest BCUT2D eigenvalue weighted by molar-refractivity contribution is -0.142. The lowest BCUT2D eigenvalue weighted by atomic mass is 9.98. The number of thiazole rings is 1. The first-order chi connectivity index (χ1) is 15.0. The third-order valence-electron chi connectivity index (χ3n) is 4.91. The number of rotatable bonds is 7. The quantitative estimate of drug-likeness (QED) is 0.619. The van der Waals surface area contributed by atoms with Crippen molar-refractivity contribution in [2.45, 2.75) is 26.2 Å². The monoisotopic (exact) mass is 447 g/mol. The zero-order chi connectivity index (χ0) is 22.2. The largest absolute Gasteiger partial charge is 0.466 e. The molecule has 1 aliphatic rings. The van der Waals surface area contributed by atoms with Gasteiger partial charge in [0.2, 0.25) is 0 Å². The van der Waals surface area contributed by atoms with Crippen molar-refractivity contribution >= 4 is 35.2 Å². The number of hydrogen-bond acceptors (Lipinski definition) is 7. The number of carbonyl (C=O) groups excluding carboxylic acids is 2. The first kappa shape index (κ1) is 22.5. The number of carbonyl (C=O) groups is 3. The average molecular weight is 448 g/mol. The summed E-state index contributed by atoms with van der Waals surface area (Å²) in [5.74, 6) is -0.190. The number of aromatic nitrogens is 1. The number of nitrogens with one attached hydrogen (secondary N) is 1. The van der Waals surface area contributed by atoms with E-state index in [2.05, 4.69) is 10.3 Å². The zero-order valence-electron chi connectivity index (χ0n) is 17.2. The zero-order valence-corrected chi connectivity index (χ0v) is 18.0. The highest BCUT2D eigenvalue weighted by molar-refractivity contribution is 7.13. The molecule has 0 aliphatic carbocycles. The number of para-hydroxylation sites is 1. The maximum absolute atomic E-state index is 12.3. The van der Waals surface area contributed by atoms with Crippen LogP contribution in [0.1, 0.15) is 25.5 Å². The van der Waals surface area contributed by atoms with E-state index in [4.69, 9.17) is 14.6 Å². The van der Waals surface area contributed by atoms with Gasteiger partial charge in [-0.1, -0.05) is 12.1 Å². The second-order valence-corrected chi connectivity index (χ2v) is 7.97. The molecule has 0 atom stereocenters. The minimum atomic E-state index is -0.915. The van der Waals surface area contributed by atoms with Crippen LogP contribution in [0.15, 0.2) is 29.6 Å². The number of amides is 2. The van der Waals surface area contributed by atoms with Crippen molar-refractivity contribution in [1.82, 2.24) is 9.88 Å². The molecule has 2 amide bonds. The summed E-state index contributed by atoms with van der Waals surface area (Å²) >= 11 is 1.38. The molecule has 9 nitrogen and oxygen atoms in total. The van der Waals surface area contributed by atoms with E-state index in [1.165, 1.54) is 16.2 Å². The van der Waals surface area contributed by atoms with Gasteiger partial charge in [-0.15, -0.1) is 11.3 Å². The fourth-order valence-electron chi connectivity index (χ4n) is 3.28. The van der Waals surface area contributed by atoms with E-state index >= 15 is 0 Å². The standard InChI is InChI=1S/C21H25N3O6S/c1-2-29-18(25)11-15-13-31-19(22-15)16-5-3-4-6-17(16)23-20(26)30-12-14-7-9-24(10-8-14)21(27)28/h3-6,13-14H,2,7-12H2,1H3,(H,23,26)(H,27,28). The first-order valence-corrected chi connectivity index (χ1v) is 10.9. The average Bonchev–Trinajstić information content (AvgIpc) is 3.21. The SMILES string of the molecule is CCOC(=O)Cc1csc(-c2ccccc2NC(=O)OCC2CCN(C(=O)O)CC2)n1. The molecular formula is C21H25N3O6S. The van der Waals surface area contributed by atoms with Crippen molar-refractivity contribution in [3.63, 3.8) is 0 Å². The highest BCUT2D eigenvalue weighted by atomic mass is 32.1. The molecule has 0 saturated carbocycles. The molecule has 0 unspecified atom stereocenters. The van der Waals surface area contributed by atoms with Gasteiger partial charge in [-0.05, 0) is 37.8 Å². The van der Waals surface area contributed by atoms with Gasteiger partial charge in [0.1, 0.15) is 5.01 Å². The molecule has 166 valence electrons. The van der Waals surface area contributed by atoms with Crippen LogP contribution in [-0.2, 0) is 20.7 Å². The van der Waals surface area contributed by atoms with Crippen LogP contribution < -0.4 is 5.32 Å². The molecule has 1 aliphatic heterocycles. The van der Waals surface area contributed by atoms with Crippen molar-refractivity contribution in [3.05, 3.63) is 35.3 Å². The van der Waals surface area contributed by atoms with Gasteiger partial charge in [-0.2, -0.15) is 0 Å². The molecule has 0 bridgehead atoms. The van der Waals surface area contributed by atoms with E-state index in [-0.39, 0.29) is 24.9 Å². The summed E-state index contributed by atoms with van der Waals surface area (Å²) in [6.07, 6.45) is -0.0579. The normalized spacial score (nSPS) is 14.2. The number of carboxylic acid groups (broad SMARTS) is 1. The van der Waals surface area contributed by atoms with Gasteiger partial charge in [0.25, 0.3) is 0 Å². The van der Waals surface area contributed by atoms with Crippen LogP contribution in [0.3, 0.4) is 0 Å². The van der Waals surface area contributed by atoms with Gasteiger partial charge in [0, 0.05) is 24.0 Å². The van der Waals surface area contributed by atoms with Crippen molar-refractivity contribution < 1.29 is 29.0 Å². The predicted molar refractivity (Wildman–Crippen MR) is 115 cm³/mol. The summed E-state index contributed by atoms with van der Waals surface area (Å²) in [6, 6.07) is 7.24. The molecule has 1 fully saturated rings. The topological polar surface area (TPSA) is 118 Å². The third kappa shape index (κ3) is 6.42. The summed E-state index contributed by atoms with van der Waals surface area (Å²) in [5, 5.41) is 14.2. The van der Waals surface area contributed by atoms with Crippen molar-refractivity contribution in [3.8, 4) is 10.6 Å². The molecule has 1 aromatic carbocycles. The van der Waals surface area contributed by atoms with Crippen LogP contribution in [0.2, 0.25) is 0 Å². The van der Waals surface area contributed by atoms with Crippen LogP contribution in [-0.4, -0.2) is 59.4 Å². The van der Waals surface area contributed by atoms with E-state index in [0.29, 0.717) is 48.9 Å². The number of likely N-dealkylation sites (tertiary alicyclic amines) is 1. The summed E-state index contributed by atoms with van der Waals surface area (Å²) in [7, 11) is 0. The molecule has 2 aromatic rings. The van der Waals surface area contributed by atoms with Crippen molar-refractivity contribution in [1.29, 1.82) is 0 Å². The molecule has 31 heavy (non-hydrogen) atoms. The van der Waals surface area contributed by atoms with Crippen molar-refractivity contribution in [2.24, 2.45) is 5.92 Å². The molecule has 1 saturated heterocycles. The number of nitrogens with zero attached hydrogens (tertiary/aromatic N) is 2. The van der Waals surface area contributed by atoms with Gasteiger partial charge >= 0.3 is 18.2 Å². The Labute approximate surface area is 184 Å². The summed E-state index contributed by atoms with van der Waals surface area (Å²) in [5.41, 5.74) is 1.91. The summed E-state index contributed by atoms with van der Waals surface area (Å²) in [6.45, 7) is 3.22. The second-order valence-electron chi connectivity index (χ2n) is 7.11. The first-order valence-electron chi connectivity index (χ1n) is 10.1. The number of benzene rings is 1. The Morgan fingerprint density at radius 2 is 1.97 bits per heavy atom. The van der Waals surface area contributed by atoms with Gasteiger partial charge in [-0.3, -0.25) is 10.1 Å². The van der Waals surface area contributed by atoms with Crippen LogP contribution >= 0.6 is 11.3 Å². The Morgan fingerprint density at radius 3 is 2.68 bits per heavy atom. The Bertz CT molecular complexity index is 923. The summed E-state index contributed by atoms with van der Waals surface area (Å²) < 4.78 is 10.3. The fourth-order valence-corrected chi connectivity index (χ4v) is 4.14. The smallest absolute Gasteiger partial charge is 0.411 e. The Kier molecular flexibility index (Phi) is 7.82. The van der Waals surface area contributed by atoms with E-state index in [9.17, 15) is 14.4 Å². The number of anilines is 1. The molecule has 1 aromatic heterocycles. The molecule has 0 spiro atoms. The highest BCUT2D eigenvalue weighted by Gasteiger charge is 2.23. The Balaban J connectivity index is 1.56. The molecule has 3 rings (SSSR count). The van der Waals surface area contributed by atoms with E-state index in [1.807, 2.05) is 12.1 Å². The van der Waals surface area contributed by atoms with Gasteiger partial charge in [0.15, 0.2) is 0 Å². The van der Waals surface area contributed by atoms with Gasteiger partial charge in [0.05, 0.1) is 31.0 Å². The molecule has 0 radical (unpaired) electrons. The van der Waals surface area contributed by atoms with Crippen molar-refractivity contribution in [2.75, 3.05) is 31.6 Å². The minimum absolute atomic E-state index is 0.0999.